The van der Waals surface area contributed by atoms with Gasteiger partial charge in [0.15, 0.2) is 5.96 Å². The van der Waals surface area contributed by atoms with E-state index in [2.05, 4.69) is 36.4 Å². The molecule has 4 heteroatoms. The summed E-state index contributed by atoms with van der Waals surface area (Å²) in [5.74, 6) is 1.69. The molecule has 112 valence electrons. The van der Waals surface area contributed by atoms with E-state index >= 15 is 0 Å². The molecule has 0 bridgehead atoms. The first-order valence-electron chi connectivity index (χ1n) is 7.70. The number of aliphatic imine (C=N–C) groups is 1. The second-order valence-corrected chi connectivity index (χ2v) is 5.96. The first-order chi connectivity index (χ1) is 9.11. The fourth-order valence-corrected chi connectivity index (χ4v) is 2.35. The molecule has 0 aromatic heterocycles. The number of hydrogen-bond donors (Lipinski definition) is 2. The van der Waals surface area contributed by atoms with Gasteiger partial charge in [-0.05, 0) is 32.1 Å². The van der Waals surface area contributed by atoms with Crippen LogP contribution in [-0.2, 0) is 4.74 Å². The summed E-state index contributed by atoms with van der Waals surface area (Å²) in [7, 11) is 1.83. The summed E-state index contributed by atoms with van der Waals surface area (Å²) in [4.78, 5) is 4.27. The lowest BCUT2D eigenvalue weighted by molar-refractivity contribution is 0.113. The third-order valence-electron chi connectivity index (χ3n) is 3.55. The number of nitrogens with zero attached hydrogens (tertiary/aromatic N) is 1. The average molecular weight is 269 g/mol. The molecule has 0 amide bonds. The van der Waals surface area contributed by atoms with Gasteiger partial charge in [-0.3, -0.25) is 4.99 Å². The number of rotatable bonds is 7. The van der Waals surface area contributed by atoms with Crippen LogP contribution in [0.15, 0.2) is 4.99 Å². The summed E-state index contributed by atoms with van der Waals surface area (Å²) in [6.45, 7) is 8.54. The van der Waals surface area contributed by atoms with Gasteiger partial charge < -0.3 is 15.4 Å². The molecule has 0 aromatic carbocycles. The van der Waals surface area contributed by atoms with Crippen molar-refractivity contribution in [1.82, 2.24) is 10.6 Å². The van der Waals surface area contributed by atoms with E-state index in [4.69, 9.17) is 4.74 Å². The SMILES string of the molecule is CN=C(NCC1CCCO1)NC(C)CCCC(C)C. The minimum absolute atomic E-state index is 0.356. The Hall–Kier alpha value is -0.770. The van der Waals surface area contributed by atoms with Crippen LogP contribution in [0.3, 0.4) is 0 Å². The molecule has 0 spiro atoms. The second kappa shape index (κ2) is 9.18. The number of ether oxygens (including phenoxy) is 1. The van der Waals surface area contributed by atoms with Crippen LogP contribution < -0.4 is 10.6 Å². The molecular weight excluding hydrogens is 238 g/mol. The van der Waals surface area contributed by atoms with Gasteiger partial charge in [0, 0.05) is 26.2 Å². The van der Waals surface area contributed by atoms with E-state index in [0.29, 0.717) is 12.1 Å². The summed E-state index contributed by atoms with van der Waals surface area (Å²) in [6.07, 6.45) is 6.47. The Labute approximate surface area is 118 Å². The standard InChI is InChI=1S/C15H31N3O/c1-12(2)7-5-8-13(3)18-15(16-4)17-11-14-9-6-10-19-14/h12-14H,5-11H2,1-4H3,(H2,16,17,18). The molecule has 0 aromatic rings. The van der Waals surface area contributed by atoms with Crippen LogP contribution in [0, 0.1) is 5.92 Å². The molecule has 1 rings (SSSR count). The molecule has 0 aliphatic carbocycles. The largest absolute Gasteiger partial charge is 0.376 e. The van der Waals surface area contributed by atoms with E-state index in [0.717, 1.165) is 31.4 Å². The Kier molecular flexibility index (Phi) is 7.87. The lowest BCUT2D eigenvalue weighted by atomic mass is 10.0. The normalized spacial score (nSPS) is 21.7. The highest BCUT2D eigenvalue weighted by Gasteiger charge is 2.15. The van der Waals surface area contributed by atoms with Crippen LogP contribution in [0.2, 0.25) is 0 Å². The minimum atomic E-state index is 0.356. The molecule has 0 saturated carbocycles. The highest BCUT2D eigenvalue weighted by molar-refractivity contribution is 5.79. The summed E-state index contributed by atoms with van der Waals surface area (Å²) >= 11 is 0. The predicted molar refractivity (Wildman–Crippen MR) is 81.6 cm³/mol. The van der Waals surface area contributed by atoms with Crippen LogP contribution >= 0.6 is 0 Å². The van der Waals surface area contributed by atoms with Crippen molar-refractivity contribution in [2.75, 3.05) is 20.2 Å². The highest BCUT2D eigenvalue weighted by atomic mass is 16.5. The number of guanidine groups is 1. The van der Waals surface area contributed by atoms with Gasteiger partial charge in [0.25, 0.3) is 0 Å². The summed E-state index contributed by atoms with van der Waals surface area (Å²) < 4.78 is 5.60. The molecule has 1 fully saturated rings. The maximum atomic E-state index is 5.60. The van der Waals surface area contributed by atoms with Crippen LogP contribution in [-0.4, -0.2) is 38.3 Å². The van der Waals surface area contributed by atoms with Crippen LogP contribution in [0.25, 0.3) is 0 Å². The molecule has 1 heterocycles. The maximum Gasteiger partial charge on any atom is 0.191 e. The molecule has 1 aliphatic heterocycles. The number of hydrogen-bond acceptors (Lipinski definition) is 2. The first kappa shape index (κ1) is 16.3. The molecule has 19 heavy (non-hydrogen) atoms. The molecule has 2 atom stereocenters. The zero-order chi connectivity index (χ0) is 14.1. The molecule has 2 unspecified atom stereocenters. The van der Waals surface area contributed by atoms with Gasteiger partial charge in [0.05, 0.1) is 6.10 Å². The van der Waals surface area contributed by atoms with Crippen molar-refractivity contribution in [3.63, 3.8) is 0 Å². The van der Waals surface area contributed by atoms with E-state index in [1.54, 1.807) is 0 Å². The molecule has 4 nitrogen and oxygen atoms in total. The average Bonchev–Trinajstić information content (AvgIpc) is 2.87. The lowest BCUT2D eigenvalue weighted by Gasteiger charge is -2.19. The van der Waals surface area contributed by atoms with Crippen molar-refractivity contribution in [1.29, 1.82) is 0 Å². The Balaban J connectivity index is 2.15. The fraction of sp³-hybridized carbons (Fsp3) is 0.933. The van der Waals surface area contributed by atoms with Crippen molar-refractivity contribution in [3.8, 4) is 0 Å². The Bertz CT molecular complexity index is 260. The van der Waals surface area contributed by atoms with Crippen molar-refractivity contribution in [2.24, 2.45) is 10.9 Å². The topological polar surface area (TPSA) is 45.7 Å². The third kappa shape index (κ3) is 7.41. The van der Waals surface area contributed by atoms with Crippen LogP contribution in [0.5, 0.6) is 0 Å². The monoisotopic (exact) mass is 269 g/mol. The first-order valence-corrected chi connectivity index (χ1v) is 7.70. The van der Waals surface area contributed by atoms with Crippen molar-refractivity contribution >= 4 is 5.96 Å². The second-order valence-electron chi connectivity index (χ2n) is 5.96. The lowest BCUT2D eigenvalue weighted by Crippen LogP contribution is -2.44. The van der Waals surface area contributed by atoms with E-state index < -0.39 is 0 Å². The van der Waals surface area contributed by atoms with E-state index in [1.807, 2.05) is 7.05 Å². The van der Waals surface area contributed by atoms with Gasteiger partial charge in [-0.2, -0.15) is 0 Å². The molecule has 2 N–H and O–H groups in total. The van der Waals surface area contributed by atoms with E-state index in [-0.39, 0.29) is 0 Å². The molecule has 1 saturated heterocycles. The summed E-state index contributed by atoms with van der Waals surface area (Å²) in [6, 6.07) is 0.467. The minimum Gasteiger partial charge on any atom is -0.376 e. The van der Waals surface area contributed by atoms with Crippen LogP contribution in [0.1, 0.15) is 52.9 Å². The zero-order valence-corrected chi connectivity index (χ0v) is 13.0. The van der Waals surface area contributed by atoms with Crippen molar-refractivity contribution in [3.05, 3.63) is 0 Å². The third-order valence-corrected chi connectivity index (χ3v) is 3.55. The Morgan fingerprint density at radius 2 is 2.11 bits per heavy atom. The molecule has 1 aliphatic rings. The summed E-state index contributed by atoms with van der Waals surface area (Å²) in [5, 5.41) is 6.80. The van der Waals surface area contributed by atoms with Gasteiger partial charge >= 0.3 is 0 Å². The van der Waals surface area contributed by atoms with Gasteiger partial charge in [0.2, 0.25) is 0 Å². The van der Waals surface area contributed by atoms with E-state index in [1.165, 1.54) is 25.7 Å². The van der Waals surface area contributed by atoms with Gasteiger partial charge in [-0.15, -0.1) is 0 Å². The Morgan fingerprint density at radius 1 is 1.32 bits per heavy atom. The predicted octanol–water partition coefficient (Wildman–Crippen LogP) is 2.55. The fourth-order valence-electron chi connectivity index (χ4n) is 2.35. The summed E-state index contributed by atoms with van der Waals surface area (Å²) in [5.41, 5.74) is 0. The van der Waals surface area contributed by atoms with Crippen molar-refractivity contribution in [2.45, 2.75) is 65.0 Å². The zero-order valence-electron chi connectivity index (χ0n) is 13.0. The highest BCUT2D eigenvalue weighted by Crippen LogP contribution is 2.10. The molecule has 0 radical (unpaired) electrons. The number of nitrogens with one attached hydrogen (secondary N) is 2. The molecular formula is C15H31N3O. The van der Waals surface area contributed by atoms with Crippen molar-refractivity contribution < 1.29 is 4.74 Å². The quantitative estimate of drug-likeness (QED) is 0.551. The van der Waals surface area contributed by atoms with Gasteiger partial charge in [0.1, 0.15) is 0 Å². The smallest absolute Gasteiger partial charge is 0.191 e. The van der Waals surface area contributed by atoms with Crippen LogP contribution in [0.4, 0.5) is 0 Å². The van der Waals surface area contributed by atoms with Gasteiger partial charge in [-0.1, -0.05) is 26.7 Å². The van der Waals surface area contributed by atoms with E-state index in [9.17, 15) is 0 Å². The maximum absolute atomic E-state index is 5.60. The Morgan fingerprint density at radius 3 is 2.68 bits per heavy atom. The van der Waals surface area contributed by atoms with Gasteiger partial charge in [-0.25, -0.2) is 0 Å².